The Morgan fingerprint density at radius 1 is 1.31 bits per heavy atom. The standard InChI is InChI=1S/C18H21Cl2N3O3/c1-4-9-21-17(24)12(3)26-18(25)15-11(2)22-23(16(15)20)10-13-7-5-6-8-14(13)19/h5-8,12H,4,9-10H2,1-3H3,(H,21,24). The minimum Gasteiger partial charge on any atom is -0.449 e. The molecule has 0 aliphatic carbocycles. The second-order valence-electron chi connectivity index (χ2n) is 5.84. The summed E-state index contributed by atoms with van der Waals surface area (Å²) < 4.78 is 6.71. The zero-order chi connectivity index (χ0) is 19.3. The van der Waals surface area contributed by atoms with Crippen LogP contribution in [0.5, 0.6) is 0 Å². The van der Waals surface area contributed by atoms with Crippen molar-refractivity contribution in [1.29, 1.82) is 0 Å². The fourth-order valence-corrected chi connectivity index (χ4v) is 2.85. The molecule has 0 radical (unpaired) electrons. The van der Waals surface area contributed by atoms with Gasteiger partial charge in [0, 0.05) is 11.6 Å². The summed E-state index contributed by atoms with van der Waals surface area (Å²) in [6.45, 7) is 5.95. The number of aryl methyl sites for hydroxylation is 1. The first-order chi connectivity index (χ1) is 12.3. The molecule has 0 aliphatic rings. The molecule has 1 N–H and O–H groups in total. The molecule has 0 spiro atoms. The summed E-state index contributed by atoms with van der Waals surface area (Å²) >= 11 is 12.5. The maximum Gasteiger partial charge on any atom is 0.343 e. The summed E-state index contributed by atoms with van der Waals surface area (Å²) in [7, 11) is 0. The van der Waals surface area contributed by atoms with Crippen molar-refractivity contribution in [3.8, 4) is 0 Å². The minimum absolute atomic E-state index is 0.147. The van der Waals surface area contributed by atoms with Crippen LogP contribution in [0, 0.1) is 6.92 Å². The zero-order valence-electron chi connectivity index (χ0n) is 14.9. The van der Waals surface area contributed by atoms with Crippen molar-refractivity contribution in [1.82, 2.24) is 15.1 Å². The first-order valence-corrected chi connectivity index (χ1v) is 9.05. The Bertz CT molecular complexity index is 805. The van der Waals surface area contributed by atoms with E-state index in [1.807, 2.05) is 25.1 Å². The SMILES string of the molecule is CCCNC(=O)C(C)OC(=O)c1c(C)nn(Cc2ccccc2Cl)c1Cl. The third kappa shape index (κ3) is 4.77. The van der Waals surface area contributed by atoms with E-state index in [0.717, 1.165) is 12.0 Å². The summed E-state index contributed by atoms with van der Waals surface area (Å²) in [5, 5.41) is 7.70. The van der Waals surface area contributed by atoms with Crippen LogP contribution in [0.25, 0.3) is 0 Å². The third-order valence-electron chi connectivity index (χ3n) is 3.75. The number of rotatable bonds is 7. The van der Waals surface area contributed by atoms with Gasteiger partial charge in [-0.25, -0.2) is 9.48 Å². The number of hydrogen-bond donors (Lipinski definition) is 1. The molecule has 1 aromatic carbocycles. The van der Waals surface area contributed by atoms with Crippen molar-refractivity contribution in [3.63, 3.8) is 0 Å². The van der Waals surface area contributed by atoms with E-state index in [1.54, 1.807) is 13.0 Å². The molecule has 1 heterocycles. The quantitative estimate of drug-likeness (QED) is 0.724. The Labute approximate surface area is 162 Å². The van der Waals surface area contributed by atoms with E-state index in [2.05, 4.69) is 10.4 Å². The summed E-state index contributed by atoms with van der Waals surface area (Å²) in [6, 6.07) is 7.31. The van der Waals surface area contributed by atoms with Crippen LogP contribution in [0.15, 0.2) is 24.3 Å². The van der Waals surface area contributed by atoms with E-state index < -0.39 is 12.1 Å². The molecule has 0 aliphatic heterocycles. The van der Waals surface area contributed by atoms with Crippen LogP contribution in [-0.4, -0.2) is 34.3 Å². The highest BCUT2D eigenvalue weighted by molar-refractivity contribution is 6.33. The monoisotopic (exact) mass is 397 g/mol. The van der Waals surface area contributed by atoms with Crippen molar-refractivity contribution in [2.75, 3.05) is 6.54 Å². The first kappa shape index (κ1) is 20.3. The Morgan fingerprint density at radius 3 is 2.65 bits per heavy atom. The van der Waals surface area contributed by atoms with Gasteiger partial charge in [0.1, 0.15) is 10.7 Å². The van der Waals surface area contributed by atoms with Crippen molar-refractivity contribution in [3.05, 3.63) is 51.3 Å². The van der Waals surface area contributed by atoms with Crippen LogP contribution >= 0.6 is 23.2 Å². The van der Waals surface area contributed by atoms with Gasteiger partial charge in [0.05, 0.1) is 12.2 Å². The Balaban J connectivity index is 2.15. The third-order valence-corrected chi connectivity index (χ3v) is 4.50. The largest absolute Gasteiger partial charge is 0.449 e. The smallest absolute Gasteiger partial charge is 0.343 e. The van der Waals surface area contributed by atoms with Crippen molar-refractivity contribution < 1.29 is 14.3 Å². The number of benzene rings is 1. The predicted octanol–water partition coefficient (Wildman–Crippen LogP) is 3.62. The van der Waals surface area contributed by atoms with Gasteiger partial charge in [0.15, 0.2) is 6.10 Å². The van der Waals surface area contributed by atoms with Gasteiger partial charge in [-0.15, -0.1) is 0 Å². The van der Waals surface area contributed by atoms with Gasteiger partial charge in [-0.2, -0.15) is 5.10 Å². The van der Waals surface area contributed by atoms with Gasteiger partial charge < -0.3 is 10.1 Å². The fourth-order valence-electron chi connectivity index (χ4n) is 2.34. The number of carbonyl (C=O) groups excluding carboxylic acids is 2. The number of esters is 1. The van der Waals surface area contributed by atoms with Crippen LogP contribution in [-0.2, 0) is 16.1 Å². The van der Waals surface area contributed by atoms with Gasteiger partial charge in [-0.1, -0.05) is 48.3 Å². The molecule has 0 saturated carbocycles. The average molecular weight is 398 g/mol. The van der Waals surface area contributed by atoms with Crippen LogP contribution < -0.4 is 5.32 Å². The summed E-state index contributed by atoms with van der Waals surface area (Å²) in [5.74, 6) is -1.03. The highest BCUT2D eigenvalue weighted by Gasteiger charge is 2.25. The van der Waals surface area contributed by atoms with Crippen molar-refractivity contribution in [2.45, 2.75) is 39.8 Å². The first-order valence-electron chi connectivity index (χ1n) is 8.30. The molecular formula is C18H21Cl2N3O3. The number of aromatic nitrogens is 2. The number of amides is 1. The number of halogens is 2. The van der Waals surface area contributed by atoms with Crippen molar-refractivity contribution >= 4 is 35.1 Å². The average Bonchev–Trinajstić information content (AvgIpc) is 2.88. The molecule has 2 aromatic rings. The van der Waals surface area contributed by atoms with E-state index in [-0.39, 0.29) is 16.6 Å². The maximum atomic E-state index is 12.4. The molecule has 6 nitrogen and oxygen atoms in total. The molecule has 1 amide bonds. The molecule has 8 heteroatoms. The summed E-state index contributed by atoms with van der Waals surface area (Å²) in [4.78, 5) is 24.3. The van der Waals surface area contributed by atoms with Gasteiger partial charge in [-0.05, 0) is 31.9 Å². The van der Waals surface area contributed by atoms with Gasteiger partial charge in [-0.3, -0.25) is 4.79 Å². The Kier molecular flexibility index (Phi) is 7.06. The lowest BCUT2D eigenvalue weighted by Gasteiger charge is -2.13. The van der Waals surface area contributed by atoms with E-state index >= 15 is 0 Å². The molecule has 1 unspecified atom stereocenters. The fraction of sp³-hybridized carbons (Fsp3) is 0.389. The van der Waals surface area contributed by atoms with E-state index in [1.165, 1.54) is 11.6 Å². The number of nitrogens with zero attached hydrogens (tertiary/aromatic N) is 2. The topological polar surface area (TPSA) is 73.2 Å². The lowest BCUT2D eigenvalue weighted by Crippen LogP contribution is -2.36. The van der Waals surface area contributed by atoms with Crippen LogP contribution in [0.1, 0.15) is 41.9 Å². The highest BCUT2D eigenvalue weighted by Crippen LogP contribution is 2.24. The Morgan fingerprint density at radius 2 is 2.00 bits per heavy atom. The normalized spacial score (nSPS) is 11.9. The van der Waals surface area contributed by atoms with E-state index in [0.29, 0.717) is 23.8 Å². The molecular weight excluding hydrogens is 377 g/mol. The summed E-state index contributed by atoms with van der Waals surface area (Å²) in [6.07, 6.45) is -0.122. The molecule has 2 rings (SSSR count). The van der Waals surface area contributed by atoms with Crippen LogP contribution in [0.4, 0.5) is 0 Å². The second kappa shape index (κ2) is 9.05. The second-order valence-corrected chi connectivity index (χ2v) is 6.60. The van der Waals surface area contributed by atoms with Crippen molar-refractivity contribution in [2.24, 2.45) is 0 Å². The lowest BCUT2D eigenvalue weighted by atomic mass is 10.2. The zero-order valence-corrected chi connectivity index (χ0v) is 16.4. The van der Waals surface area contributed by atoms with E-state index in [9.17, 15) is 9.59 Å². The number of hydrogen-bond acceptors (Lipinski definition) is 4. The minimum atomic E-state index is -0.920. The lowest BCUT2D eigenvalue weighted by molar-refractivity contribution is -0.129. The van der Waals surface area contributed by atoms with Gasteiger partial charge in [0.25, 0.3) is 5.91 Å². The number of nitrogens with one attached hydrogen (secondary N) is 1. The molecule has 140 valence electrons. The Hall–Kier alpha value is -2.05. The molecule has 0 fully saturated rings. The van der Waals surface area contributed by atoms with Gasteiger partial charge >= 0.3 is 5.97 Å². The predicted molar refractivity (Wildman–Crippen MR) is 101 cm³/mol. The molecule has 1 aromatic heterocycles. The summed E-state index contributed by atoms with van der Waals surface area (Å²) in [5.41, 5.74) is 1.40. The van der Waals surface area contributed by atoms with E-state index in [4.69, 9.17) is 27.9 Å². The molecule has 1 atom stereocenters. The van der Waals surface area contributed by atoms with Crippen LogP contribution in [0.2, 0.25) is 10.2 Å². The molecule has 26 heavy (non-hydrogen) atoms. The number of ether oxygens (including phenoxy) is 1. The van der Waals surface area contributed by atoms with Crippen LogP contribution in [0.3, 0.4) is 0 Å². The van der Waals surface area contributed by atoms with Gasteiger partial charge in [0.2, 0.25) is 0 Å². The number of carbonyl (C=O) groups is 2. The highest BCUT2D eigenvalue weighted by atomic mass is 35.5. The molecule has 0 saturated heterocycles. The molecule has 0 bridgehead atoms. The maximum absolute atomic E-state index is 12.4.